The van der Waals surface area contributed by atoms with E-state index in [0.29, 0.717) is 6.04 Å². The Morgan fingerprint density at radius 1 is 1.22 bits per heavy atom. The maximum absolute atomic E-state index is 4.74. The maximum atomic E-state index is 4.74. The molecule has 0 bridgehead atoms. The van der Waals surface area contributed by atoms with Gasteiger partial charge in [-0.05, 0) is 51.4 Å². The summed E-state index contributed by atoms with van der Waals surface area (Å²) in [4.78, 5) is 11.6. The van der Waals surface area contributed by atoms with Gasteiger partial charge in [0.2, 0.25) is 0 Å². The van der Waals surface area contributed by atoms with Crippen molar-refractivity contribution < 1.29 is 0 Å². The average Bonchev–Trinajstić information content (AvgIpc) is 2.93. The molecule has 98 valence electrons. The van der Waals surface area contributed by atoms with Crippen LogP contribution in [0.4, 0.5) is 0 Å². The number of rotatable bonds is 3. The van der Waals surface area contributed by atoms with E-state index in [1.807, 2.05) is 6.20 Å². The lowest BCUT2D eigenvalue weighted by atomic mass is 10.0. The summed E-state index contributed by atoms with van der Waals surface area (Å²) >= 11 is 0. The van der Waals surface area contributed by atoms with E-state index < -0.39 is 0 Å². The molecule has 2 aliphatic rings. The Bertz CT molecular complexity index is 381. The fraction of sp³-hybridized carbons (Fsp3) is 0.714. The predicted octanol–water partition coefficient (Wildman–Crippen LogP) is 1.89. The number of nitrogens with zero attached hydrogens (tertiary/aromatic N) is 3. The maximum Gasteiger partial charge on any atom is 0.142 e. The van der Waals surface area contributed by atoms with E-state index in [-0.39, 0.29) is 0 Å². The SMILES string of the molecule is c1cc(C2CCCCN2)nc(CN2CCCC2)n1. The summed E-state index contributed by atoms with van der Waals surface area (Å²) in [7, 11) is 0. The van der Waals surface area contributed by atoms with Crippen LogP contribution in [0.2, 0.25) is 0 Å². The van der Waals surface area contributed by atoms with Crippen LogP contribution < -0.4 is 5.32 Å². The average molecular weight is 246 g/mol. The lowest BCUT2D eigenvalue weighted by Gasteiger charge is -2.23. The Balaban J connectivity index is 1.67. The summed E-state index contributed by atoms with van der Waals surface area (Å²) in [6.07, 6.45) is 8.38. The standard InChI is InChI=1S/C14H22N4/c1-2-7-15-12(5-1)13-6-8-16-14(17-13)11-18-9-3-4-10-18/h6,8,12,15H,1-5,7,9-11H2. The van der Waals surface area contributed by atoms with E-state index in [4.69, 9.17) is 4.98 Å². The molecule has 2 aliphatic heterocycles. The van der Waals surface area contributed by atoms with Crippen LogP contribution in [-0.2, 0) is 6.54 Å². The van der Waals surface area contributed by atoms with E-state index in [1.165, 1.54) is 50.9 Å². The van der Waals surface area contributed by atoms with Gasteiger partial charge in [-0.1, -0.05) is 6.42 Å². The summed E-state index contributed by atoms with van der Waals surface area (Å²) in [5.74, 6) is 0.988. The van der Waals surface area contributed by atoms with E-state index in [0.717, 1.165) is 18.9 Å². The third-order valence-corrected chi connectivity index (χ3v) is 3.96. The van der Waals surface area contributed by atoms with Crippen molar-refractivity contribution in [3.63, 3.8) is 0 Å². The Labute approximate surface area is 109 Å². The highest BCUT2D eigenvalue weighted by Crippen LogP contribution is 2.21. The summed E-state index contributed by atoms with van der Waals surface area (Å²) in [5, 5.41) is 3.55. The highest BCUT2D eigenvalue weighted by Gasteiger charge is 2.18. The van der Waals surface area contributed by atoms with Gasteiger partial charge in [-0.2, -0.15) is 0 Å². The second-order valence-electron chi connectivity index (χ2n) is 5.38. The lowest BCUT2D eigenvalue weighted by molar-refractivity contribution is 0.320. The number of aromatic nitrogens is 2. The Morgan fingerprint density at radius 3 is 2.89 bits per heavy atom. The van der Waals surface area contributed by atoms with Crippen LogP contribution in [0.3, 0.4) is 0 Å². The molecular weight excluding hydrogens is 224 g/mol. The van der Waals surface area contributed by atoms with Gasteiger partial charge in [0.1, 0.15) is 5.82 Å². The quantitative estimate of drug-likeness (QED) is 0.884. The summed E-state index contributed by atoms with van der Waals surface area (Å²) in [5.41, 5.74) is 1.18. The molecule has 18 heavy (non-hydrogen) atoms. The van der Waals surface area contributed by atoms with Crippen molar-refractivity contribution in [3.05, 3.63) is 23.8 Å². The molecule has 0 aromatic carbocycles. The molecule has 0 aliphatic carbocycles. The van der Waals surface area contributed by atoms with E-state index in [9.17, 15) is 0 Å². The number of nitrogens with one attached hydrogen (secondary N) is 1. The van der Waals surface area contributed by atoms with Gasteiger partial charge in [0, 0.05) is 12.2 Å². The molecule has 1 aromatic heterocycles. The molecule has 1 unspecified atom stereocenters. The molecule has 4 heteroatoms. The molecule has 1 atom stereocenters. The number of likely N-dealkylation sites (tertiary alicyclic amines) is 1. The minimum absolute atomic E-state index is 0.444. The van der Waals surface area contributed by atoms with Crippen molar-refractivity contribution in [1.29, 1.82) is 0 Å². The van der Waals surface area contributed by atoms with Gasteiger partial charge in [0.05, 0.1) is 12.2 Å². The third kappa shape index (κ3) is 2.87. The van der Waals surface area contributed by atoms with Gasteiger partial charge >= 0.3 is 0 Å². The largest absolute Gasteiger partial charge is 0.309 e. The van der Waals surface area contributed by atoms with Crippen LogP contribution in [0.25, 0.3) is 0 Å². The van der Waals surface area contributed by atoms with Crippen molar-refractivity contribution in [2.24, 2.45) is 0 Å². The topological polar surface area (TPSA) is 41.1 Å². The van der Waals surface area contributed by atoms with Crippen LogP contribution in [0, 0.1) is 0 Å². The van der Waals surface area contributed by atoms with Crippen LogP contribution in [0.5, 0.6) is 0 Å². The second-order valence-corrected chi connectivity index (χ2v) is 5.38. The van der Waals surface area contributed by atoms with Crippen molar-refractivity contribution in [1.82, 2.24) is 20.2 Å². The summed E-state index contributed by atoms with van der Waals surface area (Å²) in [6.45, 7) is 4.45. The molecule has 3 heterocycles. The number of piperidine rings is 1. The van der Waals surface area contributed by atoms with Gasteiger partial charge in [-0.3, -0.25) is 4.90 Å². The van der Waals surface area contributed by atoms with Crippen LogP contribution in [-0.4, -0.2) is 34.5 Å². The first-order valence-electron chi connectivity index (χ1n) is 7.19. The monoisotopic (exact) mass is 246 g/mol. The van der Waals surface area contributed by atoms with Gasteiger partial charge in [-0.15, -0.1) is 0 Å². The smallest absolute Gasteiger partial charge is 0.142 e. The van der Waals surface area contributed by atoms with E-state index in [1.54, 1.807) is 0 Å². The molecule has 4 nitrogen and oxygen atoms in total. The minimum Gasteiger partial charge on any atom is -0.309 e. The first-order valence-corrected chi connectivity index (χ1v) is 7.19. The normalized spacial score (nSPS) is 25.4. The molecular formula is C14H22N4. The molecule has 0 radical (unpaired) electrons. The third-order valence-electron chi connectivity index (χ3n) is 3.96. The summed E-state index contributed by atoms with van der Waals surface area (Å²) in [6, 6.07) is 2.51. The first kappa shape index (κ1) is 12.1. The highest BCUT2D eigenvalue weighted by atomic mass is 15.2. The van der Waals surface area contributed by atoms with Crippen molar-refractivity contribution >= 4 is 0 Å². The lowest BCUT2D eigenvalue weighted by Crippen LogP contribution is -2.28. The fourth-order valence-corrected chi connectivity index (χ4v) is 2.93. The zero-order chi connectivity index (χ0) is 12.2. The van der Waals surface area contributed by atoms with Crippen LogP contribution in [0.1, 0.15) is 49.7 Å². The highest BCUT2D eigenvalue weighted by molar-refractivity contribution is 5.08. The Hall–Kier alpha value is -1.00. The Kier molecular flexibility index (Phi) is 3.86. The van der Waals surface area contributed by atoms with Gasteiger partial charge in [0.15, 0.2) is 0 Å². The summed E-state index contributed by atoms with van der Waals surface area (Å²) < 4.78 is 0. The molecule has 1 N–H and O–H groups in total. The second kappa shape index (κ2) is 5.76. The molecule has 0 amide bonds. The van der Waals surface area contributed by atoms with Gasteiger partial charge in [0.25, 0.3) is 0 Å². The Morgan fingerprint density at radius 2 is 2.11 bits per heavy atom. The van der Waals surface area contributed by atoms with Crippen molar-refractivity contribution in [2.45, 2.75) is 44.7 Å². The molecule has 1 aromatic rings. The first-order chi connectivity index (χ1) is 8.92. The van der Waals surface area contributed by atoms with Crippen molar-refractivity contribution in [3.8, 4) is 0 Å². The molecule has 0 saturated carbocycles. The zero-order valence-corrected chi connectivity index (χ0v) is 10.9. The minimum atomic E-state index is 0.444. The van der Waals surface area contributed by atoms with E-state index in [2.05, 4.69) is 21.3 Å². The van der Waals surface area contributed by atoms with Crippen molar-refractivity contribution in [2.75, 3.05) is 19.6 Å². The molecule has 2 saturated heterocycles. The van der Waals surface area contributed by atoms with Crippen LogP contribution >= 0.6 is 0 Å². The van der Waals surface area contributed by atoms with E-state index >= 15 is 0 Å². The predicted molar refractivity (Wildman–Crippen MR) is 71.1 cm³/mol. The number of hydrogen-bond acceptors (Lipinski definition) is 4. The molecule has 0 spiro atoms. The fourth-order valence-electron chi connectivity index (χ4n) is 2.93. The number of hydrogen-bond donors (Lipinski definition) is 1. The molecule has 2 fully saturated rings. The zero-order valence-electron chi connectivity index (χ0n) is 10.9. The van der Waals surface area contributed by atoms with Gasteiger partial charge < -0.3 is 5.32 Å². The van der Waals surface area contributed by atoms with Crippen LogP contribution in [0.15, 0.2) is 12.3 Å². The van der Waals surface area contributed by atoms with Gasteiger partial charge in [-0.25, -0.2) is 9.97 Å². The molecule has 3 rings (SSSR count).